The minimum absolute atomic E-state index is 0.125. The Bertz CT molecular complexity index is 915. The molecule has 0 saturated carbocycles. The van der Waals surface area contributed by atoms with E-state index in [9.17, 15) is 4.79 Å². The third-order valence-corrected chi connectivity index (χ3v) is 4.58. The normalized spacial score (nSPS) is 15.0. The van der Waals surface area contributed by atoms with Gasteiger partial charge in [-0.2, -0.15) is 0 Å². The Hall–Kier alpha value is -3.00. The quantitative estimate of drug-likeness (QED) is 0.720. The fraction of sp³-hybridized carbons (Fsp3) is 0.368. The number of aromatic amines is 1. The Kier molecular flexibility index (Phi) is 4.97. The lowest BCUT2D eigenvalue weighted by Crippen LogP contribution is -2.45. The average Bonchev–Trinajstić information content (AvgIpc) is 3.13. The zero-order chi connectivity index (χ0) is 18.6. The SMILES string of the molecule is CCOc1cc(C(=O)NN2CCCCC2)ccc1-c1nc2ncncc2[nH]1. The summed E-state index contributed by atoms with van der Waals surface area (Å²) in [5, 5.41) is 1.98. The number of nitrogens with zero attached hydrogens (tertiary/aromatic N) is 4. The van der Waals surface area contributed by atoms with Crippen LogP contribution in [0.3, 0.4) is 0 Å². The number of H-pyrrole nitrogens is 1. The van der Waals surface area contributed by atoms with Crippen LogP contribution in [0.4, 0.5) is 0 Å². The topological polar surface area (TPSA) is 96.0 Å². The monoisotopic (exact) mass is 366 g/mol. The fourth-order valence-electron chi connectivity index (χ4n) is 3.24. The summed E-state index contributed by atoms with van der Waals surface area (Å²) in [4.78, 5) is 28.5. The third-order valence-electron chi connectivity index (χ3n) is 4.58. The van der Waals surface area contributed by atoms with E-state index in [1.165, 1.54) is 12.7 Å². The van der Waals surface area contributed by atoms with Gasteiger partial charge in [-0.3, -0.25) is 10.2 Å². The van der Waals surface area contributed by atoms with Crippen molar-refractivity contribution in [2.75, 3.05) is 19.7 Å². The van der Waals surface area contributed by atoms with Crippen molar-refractivity contribution in [1.29, 1.82) is 0 Å². The number of piperidine rings is 1. The molecule has 0 atom stereocenters. The molecule has 0 spiro atoms. The molecule has 3 heterocycles. The molecule has 1 aromatic carbocycles. The van der Waals surface area contributed by atoms with E-state index in [0.717, 1.165) is 37.0 Å². The molecule has 27 heavy (non-hydrogen) atoms. The van der Waals surface area contributed by atoms with Gasteiger partial charge in [-0.05, 0) is 38.0 Å². The first-order valence-electron chi connectivity index (χ1n) is 9.23. The standard InChI is InChI=1S/C19H22N6O2/c1-2-27-16-10-13(19(26)24-25-8-4-3-5-9-25)6-7-14(16)17-22-15-11-20-12-21-18(15)23-17/h6-7,10-12H,2-5,8-9H2,1H3,(H,24,26)(H,20,21,22,23). The number of amides is 1. The molecule has 8 heteroatoms. The molecule has 1 aliphatic heterocycles. The van der Waals surface area contributed by atoms with E-state index in [1.807, 2.05) is 18.0 Å². The highest BCUT2D eigenvalue weighted by atomic mass is 16.5. The number of ether oxygens (including phenoxy) is 1. The lowest BCUT2D eigenvalue weighted by atomic mass is 10.1. The molecule has 0 radical (unpaired) electrons. The number of nitrogens with one attached hydrogen (secondary N) is 2. The minimum atomic E-state index is -0.125. The minimum Gasteiger partial charge on any atom is -0.493 e. The van der Waals surface area contributed by atoms with Gasteiger partial charge < -0.3 is 9.72 Å². The van der Waals surface area contributed by atoms with Crippen LogP contribution in [0, 0.1) is 0 Å². The van der Waals surface area contributed by atoms with Gasteiger partial charge in [0.25, 0.3) is 5.91 Å². The van der Waals surface area contributed by atoms with E-state index in [0.29, 0.717) is 29.4 Å². The molecule has 0 aliphatic carbocycles. The highest BCUT2D eigenvalue weighted by Crippen LogP contribution is 2.30. The predicted octanol–water partition coefficient (Wildman–Crippen LogP) is 2.55. The Balaban J connectivity index is 1.62. The molecule has 140 valence electrons. The summed E-state index contributed by atoms with van der Waals surface area (Å²) in [5.41, 5.74) is 5.67. The molecule has 0 unspecified atom stereocenters. The van der Waals surface area contributed by atoms with Crippen LogP contribution in [0.15, 0.2) is 30.7 Å². The second-order valence-corrected chi connectivity index (χ2v) is 6.48. The van der Waals surface area contributed by atoms with Gasteiger partial charge in [0, 0.05) is 18.7 Å². The second kappa shape index (κ2) is 7.71. The maximum absolute atomic E-state index is 12.6. The second-order valence-electron chi connectivity index (χ2n) is 6.48. The summed E-state index contributed by atoms with van der Waals surface area (Å²) in [5.74, 6) is 1.12. The summed E-state index contributed by atoms with van der Waals surface area (Å²) in [6, 6.07) is 5.40. The van der Waals surface area contributed by atoms with Gasteiger partial charge in [0.15, 0.2) is 5.65 Å². The lowest BCUT2D eigenvalue weighted by molar-refractivity contribution is 0.0749. The maximum Gasteiger partial charge on any atom is 0.265 e. The Morgan fingerprint density at radius 1 is 1.30 bits per heavy atom. The largest absolute Gasteiger partial charge is 0.493 e. The van der Waals surface area contributed by atoms with Gasteiger partial charge in [0.2, 0.25) is 0 Å². The van der Waals surface area contributed by atoms with Crippen LogP contribution in [0.2, 0.25) is 0 Å². The first-order chi connectivity index (χ1) is 13.2. The molecule has 2 aromatic heterocycles. The molecule has 4 rings (SSSR count). The first kappa shape index (κ1) is 17.4. The van der Waals surface area contributed by atoms with Crippen molar-refractivity contribution in [3.05, 3.63) is 36.3 Å². The Morgan fingerprint density at radius 2 is 2.15 bits per heavy atom. The number of carbonyl (C=O) groups is 1. The Labute approximate surface area is 157 Å². The van der Waals surface area contributed by atoms with Crippen molar-refractivity contribution in [2.45, 2.75) is 26.2 Å². The number of benzene rings is 1. The van der Waals surface area contributed by atoms with Gasteiger partial charge in [-0.25, -0.2) is 20.0 Å². The number of imidazole rings is 1. The maximum atomic E-state index is 12.6. The molecular weight excluding hydrogens is 344 g/mol. The van der Waals surface area contributed by atoms with Crippen LogP contribution in [-0.4, -0.2) is 50.5 Å². The number of aromatic nitrogens is 4. The molecule has 1 amide bonds. The summed E-state index contributed by atoms with van der Waals surface area (Å²) >= 11 is 0. The van der Waals surface area contributed by atoms with Crippen molar-refractivity contribution in [3.63, 3.8) is 0 Å². The van der Waals surface area contributed by atoms with E-state index in [-0.39, 0.29) is 5.91 Å². The van der Waals surface area contributed by atoms with Gasteiger partial charge >= 0.3 is 0 Å². The number of rotatable bonds is 5. The molecule has 8 nitrogen and oxygen atoms in total. The summed E-state index contributed by atoms with van der Waals surface area (Å²) in [6.07, 6.45) is 6.58. The first-order valence-corrected chi connectivity index (χ1v) is 9.23. The van der Waals surface area contributed by atoms with Gasteiger partial charge in [-0.15, -0.1) is 0 Å². The number of carbonyl (C=O) groups excluding carboxylic acids is 1. The van der Waals surface area contributed by atoms with Crippen LogP contribution in [0.1, 0.15) is 36.5 Å². The van der Waals surface area contributed by atoms with Crippen molar-refractivity contribution in [1.82, 2.24) is 30.4 Å². The fourth-order valence-corrected chi connectivity index (χ4v) is 3.24. The predicted molar refractivity (Wildman–Crippen MR) is 101 cm³/mol. The van der Waals surface area contributed by atoms with Crippen molar-refractivity contribution < 1.29 is 9.53 Å². The smallest absolute Gasteiger partial charge is 0.265 e. The third kappa shape index (κ3) is 3.75. The summed E-state index contributed by atoms with van der Waals surface area (Å²) in [7, 11) is 0. The summed E-state index contributed by atoms with van der Waals surface area (Å²) in [6.45, 7) is 4.18. The molecule has 2 N–H and O–H groups in total. The number of hydrogen-bond donors (Lipinski definition) is 2. The van der Waals surface area contributed by atoms with Crippen LogP contribution < -0.4 is 10.2 Å². The van der Waals surface area contributed by atoms with Crippen LogP contribution in [-0.2, 0) is 0 Å². The number of hydrogen-bond acceptors (Lipinski definition) is 6. The molecular formula is C19H22N6O2. The average molecular weight is 366 g/mol. The van der Waals surface area contributed by atoms with E-state index in [4.69, 9.17) is 4.74 Å². The number of fused-ring (bicyclic) bond motifs is 1. The molecule has 3 aromatic rings. The molecule has 1 fully saturated rings. The van der Waals surface area contributed by atoms with E-state index < -0.39 is 0 Å². The van der Waals surface area contributed by atoms with Crippen LogP contribution >= 0.6 is 0 Å². The molecule has 1 aliphatic rings. The number of hydrazine groups is 1. The molecule has 0 bridgehead atoms. The van der Waals surface area contributed by atoms with E-state index in [2.05, 4.69) is 25.4 Å². The van der Waals surface area contributed by atoms with Gasteiger partial charge in [0.1, 0.15) is 23.4 Å². The zero-order valence-electron chi connectivity index (χ0n) is 15.2. The summed E-state index contributed by atoms with van der Waals surface area (Å²) < 4.78 is 5.78. The van der Waals surface area contributed by atoms with Crippen molar-refractivity contribution >= 4 is 17.1 Å². The molecule has 1 saturated heterocycles. The highest BCUT2D eigenvalue weighted by Gasteiger charge is 2.17. The highest BCUT2D eigenvalue weighted by molar-refractivity contribution is 5.95. The van der Waals surface area contributed by atoms with Crippen molar-refractivity contribution in [2.24, 2.45) is 0 Å². The lowest BCUT2D eigenvalue weighted by Gasteiger charge is -2.26. The zero-order valence-corrected chi connectivity index (χ0v) is 15.2. The van der Waals surface area contributed by atoms with Crippen LogP contribution in [0.5, 0.6) is 5.75 Å². The van der Waals surface area contributed by atoms with Gasteiger partial charge in [-0.1, -0.05) is 6.42 Å². The van der Waals surface area contributed by atoms with E-state index >= 15 is 0 Å². The van der Waals surface area contributed by atoms with Gasteiger partial charge in [0.05, 0.1) is 18.4 Å². The van der Waals surface area contributed by atoms with Crippen molar-refractivity contribution in [3.8, 4) is 17.1 Å². The van der Waals surface area contributed by atoms with Crippen LogP contribution in [0.25, 0.3) is 22.6 Å². The Morgan fingerprint density at radius 3 is 2.93 bits per heavy atom. The van der Waals surface area contributed by atoms with E-state index in [1.54, 1.807) is 18.3 Å².